The van der Waals surface area contributed by atoms with E-state index in [9.17, 15) is 0 Å². The average molecular weight is 224 g/mol. The standard InChI is InChI=1S/C14H24O2/c1-14(2)10-15-13(16-11-14)9-8-12-6-4-3-5-7-12/h3-4,12-13H,5-11H2,1-2H3. The second-order valence-corrected chi connectivity index (χ2v) is 5.94. The summed E-state index contributed by atoms with van der Waals surface area (Å²) < 4.78 is 11.5. The molecule has 0 aromatic heterocycles. The van der Waals surface area contributed by atoms with Crippen LogP contribution in [-0.2, 0) is 9.47 Å². The minimum atomic E-state index is 0.0546. The molecule has 0 bridgehead atoms. The van der Waals surface area contributed by atoms with Crippen molar-refractivity contribution in [2.75, 3.05) is 13.2 Å². The van der Waals surface area contributed by atoms with Crippen molar-refractivity contribution in [1.82, 2.24) is 0 Å². The Morgan fingerprint density at radius 3 is 2.50 bits per heavy atom. The molecule has 0 N–H and O–H groups in total. The highest BCUT2D eigenvalue weighted by molar-refractivity contribution is 4.90. The summed E-state index contributed by atoms with van der Waals surface area (Å²) in [4.78, 5) is 0. The fourth-order valence-electron chi connectivity index (χ4n) is 2.38. The third-order valence-corrected chi connectivity index (χ3v) is 3.51. The Morgan fingerprint density at radius 2 is 1.88 bits per heavy atom. The third-order valence-electron chi connectivity index (χ3n) is 3.51. The van der Waals surface area contributed by atoms with Crippen molar-refractivity contribution in [1.29, 1.82) is 0 Å². The van der Waals surface area contributed by atoms with E-state index in [4.69, 9.17) is 9.47 Å². The molecule has 16 heavy (non-hydrogen) atoms. The van der Waals surface area contributed by atoms with Gasteiger partial charge in [0.15, 0.2) is 6.29 Å². The monoisotopic (exact) mass is 224 g/mol. The van der Waals surface area contributed by atoms with Gasteiger partial charge in [0.2, 0.25) is 0 Å². The van der Waals surface area contributed by atoms with E-state index in [0.717, 1.165) is 25.6 Å². The van der Waals surface area contributed by atoms with E-state index in [1.807, 2.05) is 0 Å². The van der Waals surface area contributed by atoms with Crippen molar-refractivity contribution < 1.29 is 9.47 Å². The molecular weight excluding hydrogens is 200 g/mol. The van der Waals surface area contributed by atoms with Gasteiger partial charge < -0.3 is 9.47 Å². The van der Waals surface area contributed by atoms with Crippen LogP contribution in [0.3, 0.4) is 0 Å². The Hall–Kier alpha value is -0.340. The van der Waals surface area contributed by atoms with Crippen LogP contribution in [0.15, 0.2) is 12.2 Å². The summed E-state index contributed by atoms with van der Waals surface area (Å²) in [5.41, 5.74) is 0.198. The van der Waals surface area contributed by atoms with E-state index in [1.165, 1.54) is 25.7 Å². The molecule has 0 aromatic rings. The highest BCUT2D eigenvalue weighted by Crippen LogP contribution is 2.28. The van der Waals surface area contributed by atoms with Gasteiger partial charge in [-0.2, -0.15) is 0 Å². The zero-order valence-corrected chi connectivity index (χ0v) is 10.6. The number of rotatable bonds is 3. The van der Waals surface area contributed by atoms with Crippen LogP contribution >= 0.6 is 0 Å². The maximum Gasteiger partial charge on any atom is 0.157 e. The van der Waals surface area contributed by atoms with Crippen molar-refractivity contribution >= 4 is 0 Å². The van der Waals surface area contributed by atoms with E-state index >= 15 is 0 Å². The molecule has 1 saturated heterocycles. The molecule has 2 rings (SSSR count). The van der Waals surface area contributed by atoms with Gasteiger partial charge in [0, 0.05) is 5.41 Å². The minimum Gasteiger partial charge on any atom is -0.352 e. The van der Waals surface area contributed by atoms with E-state index in [0.29, 0.717) is 0 Å². The Morgan fingerprint density at radius 1 is 1.12 bits per heavy atom. The molecule has 2 heteroatoms. The summed E-state index contributed by atoms with van der Waals surface area (Å²) in [6, 6.07) is 0. The molecule has 2 aliphatic rings. The molecule has 2 nitrogen and oxygen atoms in total. The summed E-state index contributed by atoms with van der Waals surface area (Å²) in [5.74, 6) is 0.854. The predicted molar refractivity (Wildman–Crippen MR) is 65.2 cm³/mol. The lowest BCUT2D eigenvalue weighted by Gasteiger charge is -2.35. The Bertz CT molecular complexity index is 235. The average Bonchev–Trinajstić information content (AvgIpc) is 2.29. The van der Waals surface area contributed by atoms with Gasteiger partial charge in [-0.05, 0) is 38.0 Å². The van der Waals surface area contributed by atoms with Crippen LogP contribution in [0.1, 0.15) is 46.0 Å². The van der Waals surface area contributed by atoms with Crippen LogP contribution in [0, 0.1) is 11.3 Å². The molecule has 92 valence electrons. The first-order valence-corrected chi connectivity index (χ1v) is 6.54. The smallest absolute Gasteiger partial charge is 0.157 e. The molecule has 1 unspecified atom stereocenters. The number of ether oxygens (including phenoxy) is 2. The molecule has 1 fully saturated rings. The fraction of sp³-hybridized carbons (Fsp3) is 0.857. The number of hydrogen-bond acceptors (Lipinski definition) is 2. The van der Waals surface area contributed by atoms with Crippen LogP contribution in [0.25, 0.3) is 0 Å². The van der Waals surface area contributed by atoms with Gasteiger partial charge >= 0.3 is 0 Å². The first-order chi connectivity index (χ1) is 7.66. The number of allylic oxidation sites excluding steroid dienone is 2. The highest BCUT2D eigenvalue weighted by Gasteiger charge is 2.28. The van der Waals surface area contributed by atoms with Gasteiger partial charge in [0.1, 0.15) is 0 Å². The van der Waals surface area contributed by atoms with Gasteiger partial charge in [-0.3, -0.25) is 0 Å². The van der Waals surface area contributed by atoms with Gasteiger partial charge in [0.05, 0.1) is 13.2 Å². The molecule has 0 amide bonds. The Kier molecular flexibility index (Phi) is 4.04. The molecule has 0 saturated carbocycles. The van der Waals surface area contributed by atoms with Crippen LogP contribution in [0.2, 0.25) is 0 Å². The maximum atomic E-state index is 5.74. The fourth-order valence-corrected chi connectivity index (χ4v) is 2.38. The van der Waals surface area contributed by atoms with Gasteiger partial charge in [0.25, 0.3) is 0 Å². The zero-order chi connectivity index (χ0) is 11.4. The largest absolute Gasteiger partial charge is 0.352 e. The van der Waals surface area contributed by atoms with Crippen LogP contribution < -0.4 is 0 Å². The first kappa shape index (κ1) is 12.1. The lowest BCUT2D eigenvalue weighted by atomic mass is 9.90. The van der Waals surface area contributed by atoms with Gasteiger partial charge in [-0.25, -0.2) is 0 Å². The Balaban J connectivity index is 1.65. The molecule has 1 atom stereocenters. The Labute approximate surface area is 99.0 Å². The molecule has 0 radical (unpaired) electrons. The van der Waals surface area contributed by atoms with Gasteiger partial charge in [-0.15, -0.1) is 0 Å². The molecule has 1 aliphatic heterocycles. The predicted octanol–water partition coefficient (Wildman–Crippen LogP) is 3.52. The first-order valence-electron chi connectivity index (χ1n) is 6.54. The molecule has 1 heterocycles. The summed E-state index contributed by atoms with van der Waals surface area (Å²) in [5, 5.41) is 0. The summed E-state index contributed by atoms with van der Waals surface area (Å²) in [6.45, 7) is 6.05. The van der Waals surface area contributed by atoms with Crippen molar-refractivity contribution in [3.63, 3.8) is 0 Å². The second kappa shape index (κ2) is 5.33. The highest BCUT2D eigenvalue weighted by atomic mass is 16.7. The lowest BCUT2D eigenvalue weighted by Crippen LogP contribution is -2.37. The molecule has 0 aromatic carbocycles. The summed E-state index contributed by atoms with van der Waals surface area (Å²) >= 11 is 0. The van der Waals surface area contributed by atoms with Gasteiger partial charge in [-0.1, -0.05) is 26.0 Å². The third kappa shape index (κ3) is 3.60. The quantitative estimate of drug-likeness (QED) is 0.683. The minimum absolute atomic E-state index is 0.0546. The van der Waals surface area contributed by atoms with Crippen LogP contribution in [-0.4, -0.2) is 19.5 Å². The van der Waals surface area contributed by atoms with Crippen LogP contribution in [0.5, 0.6) is 0 Å². The lowest BCUT2D eigenvalue weighted by molar-refractivity contribution is -0.224. The second-order valence-electron chi connectivity index (χ2n) is 5.94. The van der Waals surface area contributed by atoms with Crippen molar-refractivity contribution in [3.8, 4) is 0 Å². The number of hydrogen-bond donors (Lipinski definition) is 0. The van der Waals surface area contributed by atoms with E-state index in [1.54, 1.807) is 0 Å². The van der Waals surface area contributed by atoms with E-state index < -0.39 is 0 Å². The van der Waals surface area contributed by atoms with Crippen molar-refractivity contribution in [2.24, 2.45) is 11.3 Å². The SMILES string of the molecule is CC1(C)COC(CCC2CC=CCC2)OC1. The summed E-state index contributed by atoms with van der Waals surface area (Å²) in [6.07, 6.45) is 10.8. The van der Waals surface area contributed by atoms with Crippen molar-refractivity contribution in [3.05, 3.63) is 12.2 Å². The zero-order valence-electron chi connectivity index (χ0n) is 10.6. The topological polar surface area (TPSA) is 18.5 Å². The molecule has 1 aliphatic carbocycles. The molecular formula is C14H24O2. The molecule has 0 spiro atoms. The van der Waals surface area contributed by atoms with Crippen molar-refractivity contribution in [2.45, 2.75) is 52.2 Å². The normalized spacial score (nSPS) is 30.5. The summed E-state index contributed by atoms with van der Waals surface area (Å²) in [7, 11) is 0. The van der Waals surface area contributed by atoms with E-state index in [-0.39, 0.29) is 11.7 Å². The van der Waals surface area contributed by atoms with Crippen LogP contribution in [0.4, 0.5) is 0 Å². The maximum absolute atomic E-state index is 5.74. The van der Waals surface area contributed by atoms with E-state index in [2.05, 4.69) is 26.0 Å².